The van der Waals surface area contributed by atoms with Gasteiger partial charge in [0.25, 0.3) is 0 Å². The van der Waals surface area contributed by atoms with E-state index in [9.17, 15) is 0 Å². The molecule has 0 aromatic heterocycles. The van der Waals surface area contributed by atoms with Crippen LogP contribution in [0.1, 0.15) is 70.6 Å². The monoisotopic (exact) mass is 339 g/mol. The molecule has 0 aromatic rings. The molecular formula is C23H36Al. The van der Waals surface area contributed by atoms with E-state index in [-0.39, 0.29) is 0 Å². The SMILES string of the molecule is C=C1CCC2CC([CH2][Al][CH2]CC3CCC4CCC(=C)C4C3)CCC12. The van der Waals surface area contributed by atoms with Crippen LogP contribution in [-0.4, -0.2) is 15.2 Å². The second-order valence-electron chi connectivity index (χ2n) is 9.59. The Balaban J connectivity index is 1.14. The third-order valence-corrected chi connectivity index (χ3v) is 9.93. The van der Waals surface area contributed by atoms with Crippen molar-refractivity contribution in [1.29, 1.82) is 0 Å². The smallest absolute Gasteiger partial charge is 0.104 e. The van der Waals surface area contributed by atoms with Crippen molar-refractivity contribution >= 4 is 15.2 Å². The zero-order valence-corrected chi connectivity index (χ0v) is 16.8. The van der Waals surface area contributed by atoms with Gasteiger partial charge in [-0.05, 0) is 81.0 Å². The molecule has 6 unspecified atom stereocenters. The molecule has 0 heterocycles. The summed E-state index contributed by atoms with van der Waals surface area (Å²) >= 11 is 0.720. The minimum Gasteiger partial charge on any atom is -0.104 e. The molecule has 4 aliphatic rings. The molecule has 0 aliphatic heterocycles. The molecule has 4 saturated carbocycles. The Morgan fingerprint density at radius 3 is 2.38 bits per heavy atom. The summed E-state index contributed by atoms with van der Waals surface area (Å²) in [5, 5.41) is 3.17. The molecule has 0 aromatic carbocycles. The Hall–Kier alpha value is 0.0125. The van der Waals surface area contributed by atoms with Crippen LogP contribution >= 0.6 is 0 Å². The molecule has 0 N–H and O–H groups in total. The van der Waals surface area contributed by atoms with Gasteiger partial charge in [0, 0.05) is 0 Å². The average molecular weight is 340 g/mol. The first-order valence-corrected chi connectivity index (χ1v) is 12.5. The fraction of sp³-hybridized carbons (Fsp3) is 0.826. The van der Waals surface area contributed by atoms with Crippen LogP contribution in [-0.2, 0) is 0 Å². The highest BCUT2D eigenvalue weighted by Gasteiger charge is 2.37. The van der Waals surface area contributed by atoms with Gasteiger partial charge < -0.3 is 0 Å². The van der Waals surface area contributed by atoms with Gasteiger partial charge in [0.1, 0.15) is 0 Å². The third-order valence-electron chi connectivity index (χ3n) is 8.19. The summed E-state index contributed by atoms with van der Waals surface area (Å²) in [6, 6.07) is 0. The molecule has 0 nitrogen and oxygen atoms in total. The number of fused-ring (bicyclic) bond motifs is 2. The fourth-order valence-corrected chi connectivity index (χ4v) is 8.52. The first-order chi connectivity index (χ1) is 11.7. The van der Waals surface area contributed by atoms with E-state index >= 15 is 0 Å². The summed E-state index contributed by atoms with van der Waals surface area (Å²) in [5.41, 5.74) is 3.20. The van der Waals surface area contributed by atoms with Gasteiger partial charge in [-0.15, -0.1) is 10.6 Å². The van der Waals surface area contributed by atoms with E-state index in [4.69, 9.17) is 0 Å². The highest BCUT2D eigenvalue weighted by Crippen LogP contribution is 2.49. The topological polar surface area (TPSA) is 0 Å². The zero-order valence-electron chi connectivity index (χ0n) is 15.6. The quantitative estimate of drug-likeness (QED) is 0.298. The van der Waals surface area contributed by atoms with Crippen LogP contribution in [0.15, 0.2) is 24.3 Å². The second kappa shape index (κ2) is 7.72. The van der Waals surface area contributed by atoms with Crippen molar-refractivity contribution in [3.05, 3.63) is 24.3 Å². The third kappa shape index (κ3) is 3.73. The maximum Gasteiger partial charge on any atom is 0.200 e. The standard InChI is InChI=1S/C12H19.C11H17.Al/c1-3-10-5-7-11-6-4-9(2)12(11)8-10;1-8-3-6-11-9(2)4-5-10(11)7-8;/h10-12H,1-8H2;8,10-11H,1-7H2;. The summed E-state index contributed by atoms with van der Waals surface area (Å²) in [6.45, 7) is 8.68. The van der Waals surface area contributed by atoms with E-state index in [0.717, 1.165) is 50.7 Å². The summed E-state index contributed by atoms with van der Waals surface area (Å²) in [6.07, 6.45) is 16.2. The Bertz CT molecular complexity index is 478. The predicted octanol–water partition coefficient (Wildman–Crippen LogP) is 6.68. The van der Waals surface area contributed by atoms with Crippen molar-refractivity contribution in [2.45, 2.75) is 81.2 Å². The first kappa shape index (κ1) is 17.4. The molecule has 4 aliphatic carbocycles. The summed E-state index contributed by atoms with van der Waals surface area (Å²) in [5.74, 6) is 6.02. The molecule has 131 valence electrons. The van der Waals surface area contributed by atoms with Crippen molar-refractivity contribution in [1.82, 2.24) is 0 Å². The summed E-state index contributed by atoms with van der Waals surface area (Å²) in [7, 11) is 0. The molecule has 6 atom stereocenters. The van der Waals surface area contributed by atoms with E-state index in [1.165, 1.54) is 57.8 Å². The van der Waals surface area contributed by atoms with Crippen molar-refractivity contribution in [2.75, 3.05) is 0 Å². The second-order valence-corrected chi connectivity index (χ2v) is 11.2. The van der Waals surface area contributed by atoms with Gasteiger partial charge in [-0.25, -0.2) is 0 Å². The molecular weight excluding hydrogens is 303 g/mol. The van der Waals surface area contributed by atoms with Gasteiger partial charge in [-0.3, -0.25) is 0 Å². The minimum absolute atomic E-state index is 0.720. The molecule has 0 bridgehead atoms. The van der Waals surface area contributed by atoms with Gasteiger partial charge in [-0.2, -0.15) is 0 Å². The molecule has 1 heteroatoms. The summed E-state index contributed by atoms with van der Waals surface area (Å²) in [4.78, 5) is 0. The van der Waals surface area contributed by atoms with Gasteiger partial charge in [-0.1, -0.05) is 49.5 Å². The predicted molar refractivity (Wildman–Crippen MR) is 105 cm³/mol. The van der Waals surface area contributed by atoms with Gasteiger partial charge in [0.15, 0.2) is 15.2 Å². The maximum absolute atomic E-state index is 4.36. The molecule has 0 amide bonds. The number of hydrogen-bond donors (Lipinski definition) is 0. The number of hydrogen-bond acceptors (Lipinski definition) is 0. The molecule has 1 radical (unpaired) electrons. The van der Waals surface area contributed by atoms with Gasteiger partial charge in [0.05, 0.1) is 0 Å². The highest BCUT2D eigenvalue weighted by molar-refractivity contribution is 6.35. The Morgan fingerprint density at radius 1 is 0.750 bits per heavy atom. The van der Waals surface area contributed by atoms with Crippen LogP contribution in [0, 0.1) is 35.5 Å². The largest absolute Gasteiger partial charge is 0.200 e. The molecule has 0 spiro atoms. The van der Waals surface area contributed by atoms with E-state index in [1.807, 2.05) is 0 Å². The van der Waals surface area contributed by atoms with Crippen molar-refractivity contribution in [3.8, 4) is 0 Å². The lowest BCUT2D eigenvalue weighted by Crippen LogP contribution is -2.23. The van der Waals surface area contributed by atoms with Crippen molar-refractivity contribution < 1.29 is 0 Å². The van der Waals surface area contributed by atoms with Gasteiger partial charge >= 0.3 is 0 Å². The van der Waals surface area contributed by atoms with Crippen LogP contribution in [0.25, 0.3) is 0 Å². The van der Waals surface area contributed by atoms with Crippen LogP contribution in [0.3, 0.4) is 0 Å². The van der Waals surface area contributed by atoms with Crippen molar-refractivity contribution in [2.24, 2.45) is 35.5 Å². The van der Waals surface area contributed by atoms with Crippen molar-refractivity contribution in [3.63, 3.8) is 0 Å². The van der Waals surface area contributed by atoms with E-state index in [2.05, 4.69) is 13.2 Å². The molecule has 24 heavy (non-hydrogen) atoms. The Labute approximate surface area is 156 Å². The lowest BCUT2D eigenvalue weighted by molar-refractivity contribution is 0.224. The van der Waals surface area contributed by atoms with E-state index in [0.29, 0.717) is 0 Å². The fourth-order valence-electron chi connectivity index (χ4n) is 6.68. The lowest BCUT2D eigenvalue weighted by atomic mass is 9.74. The normalized spacial score (nSPS) is 42.0. The first-order valence-electron chi connectivity index (χ1n) is 10.9. The maximum atomic E-state index is 4.36. The van der Waals surface area contributed by atoms with E-state index in [1.54, 1.807) is 34.6 Å². The zero-order chi connectivity index (χ0) is 16.5. The number of allylic oxidation sites excluding steroid dienone is 2. The lowest BCUT2D eigenvalue weighted by Gasteiger charge is -2.33. The van der Waals surface area contributed by atoms with E-state index < -0.39 is 0 Å². The highest BCUT2D eigenvalue weighted by atomic mass is 27.1. The average Bonchev–Trinajstić information content (AvgIpc) is 3.15. The van der Waals surface area contributed by atoms with Crippen LogP contribution in [0.4, 0.5) is 0 Å². The number of rotatable bonds is 5. The molecule has 4 rings (SSSR count). The van der Waals surface area contributed by atoms with Crippen LogP contribution in [0.2, 0.25) is 10.6 Å². The molecule has 4 fully saturated rings. The molecule has 0 saturated heterocycles. The van der Waals surface area contributed by atoms with Crippen LogP contribution in [0.5, 0.6) is 0 Å². The Kier molecular flexibility index (Phi) is 5.60. The summed E-state index contributed by atoms with van der Waals surface area (Å²) < 4.78 is 0. The van der Waals surface area contributed by atoms with Gasteiger partial charge in [0.2, 0.25) is 0 Å². The minimum atomic E-state index is 0.720. The van der Waals surface area contributed by atoms with Crippen LogP contribution < -0.4 is 0 Å². The Morgan fingerprint density at radius 2 is 1.50 bits per heavy atom.